The quantitative estimate of drug-likeness (QED) is 0.903. The summed E-state index contributed by atoms with van der Waals surface area (Å²) in [7, 11) is 1.69. The zero-order valence-corrected chi connectivity index (χ0v) is 13.1. The van der Waals surface area contributed by atoms with Crippen molar-refractivity contribution >= 4 is 11.5 Å². The highest BCUT2D eigenvalue weighted by molar-refractivity contribution is 6.23. The number of methoxy groups -OCH3 is 1. The lowest BCUT2D eigenvalue weighted by Gasteiger charge is -2.34. The number of carbonyl (C=O) groups is 1. The topological polar surface area (TPSA) is 38.3 Å². The number of aryl methyl sites for hydroxylation is 2. The second-order valence-corrected chi connectivity index (χ2v) is 6.32. The molecule has 1 N–H and O–H groups in total. The Bertz CT molecular complexity index is 610. The number of ether oxygens (including phenoxy) is 1. The number of nitrogens with one attached hydrogen (secondary N) is 1. The van der Waals surface area contributed by atoms with E-state index in [4.69, 9.17) is 4.74 Å². The lowest BCUT2D eigenvalue weighted by atomic mass is 9.80. The van der Waals surface area contributed by atoms with E-state index in [9.17, 15) is 4.79 Å². The van der Waals surface area contributed by atoms with Gasteiger partial charge in [-0.2, -0.15) is 0 Å². The van der Waals surface area contributed by atoms with Crippen LogP contribution in [0.15, 0.2) is 24.0 Å². The van der Waals surface area contributed by atoms with Gasteiger partial charge in [0, 0.05) is 0 Å². The van der Waals surface area contributed by atoms with Gasteiger partial charge in [0.05, 0.1) is 18.2 Å². The van der Waals surface area contributed by atoms with Crippen LogP contribution < -0.4 is 5.32 Å². The maximum atomic E-state index is 12.6. The Balaban J connectivity index is 2.15. The first-order valence-electron chi connectivity index (χ1n) is 7.76. The molecule has 1 saturated carbocycles. The van der Waals surface area contributed by atoms with Gasteiger partial charge >= 0.3 is 0 Å². The molecule has 0 radical (unpaired) electrons. The molecule has 3 heteroatoms. The molecular formula is C18H23NO2. The number of benzene rings is 1. The summed E-state index contributed by atoms with van der Waals surface area (Å²) < 4.78 is 5.73. The fourth-order valence-electron chi connectivity index (χ4n) is 3.73. The van der Waals surface area contributed by atoms with Crippen molar-refractivity contribution in [2.75, 3.05) is 7.11 Å². The van der Waals surface area contributed by atoms with Gasteiger partial charge in [-0.15, -0.1) is 0 Å². The SMILES string of the molecule is COC1=C(c2cc(C)ccc2C)C(=O)NC12CCCCC2. The van der Waals surface area contributed by atoms with Crippen molar-refractivity contribution in [2.24, 2.45) is 0 Å². The molecule has 112 valence electrons. The van der Waals surface area contributed by atoms with Crippen LogP contribution in [0.4, 0.5) is 0 Å². The Morgan fingerprint density at radius 1 is 1.14 bits per heavy atom. The minimum absolute atomic E-state index is 0.0162. The van der Waals surface area contributed by atoms with Crippen molar-refractivity contribution in [2.45, 2.75) is 51.5 Å². The molecule has 0 atom stereocenters. The molecule has 3 nitrogen and oxygen atoms in total. The third-order valence-corrected chi connectivity index (χ3v) is 4.82. The first-order valence-corrected chi connectivity index (χ1v) is 7.76. The first-order chi connectivity index (χ1) is 10.1. The molecule has 21 heavy (non-hydrogen) atoms. The summed E-state index contributed by atoms with van der Waals surface area (Å²) in [6, 6.07) is 6.24. The lowest BCUT2D eigenvalue weighted by Crippen LogP contribution is -2.46. The highest BCUT2D eigenvalue weighted by atomic mass is 16.5. The van der Waals surface area contributed by atoms with Gasteiger partial charge in [-0.1, -0.05) is 43.0 Å². The van der Waals surface area contributed by atoms with Crippen LogP contribution in [-0.4, -0.2) is 18.6 Å². The highest BCUT2D eigenvalue weighted by Gasteiger charge is 2.47. The first kappa shape index (κ1) is 14.2. The smallest absolute Gasteiger partial charge is 0.256 e. The lowest BCUT2D eigenvalue weighted by molar-refractivity contribution is -0.116. The third-order valence-electron chi connectivity index (χ3n) is 4.82. The van der Waals surface area contributed by atoms with Gasteiger partial charge < -0.3 is 10.1 Å². The number of hydrogen-bond donors (Lipinski definition) is 1. The van der Waals surface area contributed by atoms with Crippen LogP contribution >= 0.6 is 0 Å². The predicted octanol–water partition coefficient (Wildman–Crippen LogP) is 3.49. The minimum Gasteiger partial charge on any atom is -0.498 e. The summed E-state index contributed by atoms with van der Waals surface area (Å²) in [4.78, 5) is 12.6. The van der Waals surface area contributed by atoms with E-state index in [1.165, 1.54) is 6.42 Å². The van der Waals surface area contributed by atoms with Gasteiger partial charge in [-0.25, -0.2) is 0 Å². The molecule has 1 fully saturated rings. The van der Waals surface area contributed by atoms with E-state index >= 15 is 0 Å². The monoisotopic (exact) mass is 285 g/mol. The van der Waals surface area contributed by atoms with E-state index in [2.05, 4.69) is 30.4 Å². The van der Waals surface area contributed by atoms with Gasteiger partial charge in [-0.3, -0.25) is 4.79 Å². The highest BCUT2D eigenvalue weighted by Crippen LogP contribution is 2.43. The molecule has 0 aromatic heterocycles. The van der Waals surface area contributed by atoms with Crippen LogP contribution in [0.5, 0.6) is 0 Å². The molecule has 1 heterocycles. The van der Waals surface area contributed by atoms with Crippen LogP contribution in [-0.2, 0) is 9.53 Å². The van der Waals surface area contributed by atoms with Crippen molar-refractivity contribution in [3.63, 3.8) is 0 Å². The fraction of sp³-hybridized carbons (Fsp3) is 0.500. The number of carbonyl (C=O) groups excluding carboxylic acids is 1. The average Bonchev–Trinajstić information content (AvgIpc) is 2.73. The van der Waals surface area contributed by atoms with Crippen LogP contribution in [0.25, 0.3) is 5.57 Å². The molecule has 1 aliphatic heterocycles. The van der Waals surface area contributed by atoms with Gasteiger partial charge in [0.2, 0.25) is 0 Å². The summed E-state index contributed by atoms with van der Waals surface area (Å²) >= 11 is 0. The van der Waals surface area contributed by atoms with E-state index in [1.54, 1.807) is 7.11 Å². The van der Waals surface area contributed by atoms with Gasteiger partial charge in [-0.05, 0) is 37.8 Å². The van der Waals surface area contributed by atoms with Crippen molar-refractivity contribution in [3.05, 3.63) is 40.6 Å². The average molecular weight is 285 g/mol. The Labute approximate surface area is 126 Å². The molecule has 1 spiro atoms. The summed E-state index contributed by atoms with van der Waals surface area (Å²) in [6.07, 6.45) is 5.50. The summed E-state index contributed by atoms with van der Waals surface area (Å²) in [6.45, 7) is 4.10. The summed E-state index contributed by atoms with van der Waals surface area (Å²) in [5.41, 5.74) is 3.76. The standard InChI is InChI=1S/C18H23NO2/c1-12-7-8-13(2)14(11-12)15-16(21-3)18(19-17(15)20)9-5-4-6-10-18/h7-8,11H,4-6,9-10H2,1-3H3,(H,19,20). The van der Waals surface area contributed by atoms with Crippen LogP contribution in [0.2, 0.25) is 0 Å². The van der Waals surface area contributed by atoms with Crippen molar-refractivity contribution in [3.8, 4) is 0 Å². The second kappa shape index (κ2) is 5.21. The Kier molecular flexibility index (Phi) is 3.52. The molecule has 1 amide bonds. The number of amides is 1. The second-order valence-electron chi connectivity index (χ2n) is 6.32. The molecule has 2 aliphatic rings. The van der Waals surface area contributed by atoms with E-state index in [1.807, 2.05) is 6.92 Å². The minimum atomic E-state index is -0.268. The summed E-state index contributed by atoms with van der Waals surface area (Å²) in [5, 5.41) is 3.23. The molecule has 0 saturated heterocycles. The fourth-order valence-corrected chi connectivity index (χ4v) is 3.73. The Morgan fingerprint density at radius 3 is 2.52 bits per heavy atom. The molecule has 1 aliphatic carbocycles. The van der Waals surface area contributed by atoms with E-state index in [0.717, 1.165) is 53.7 Å². The maximum absolute atomic E-state index is 12.6. The molecule has 1 aromatic carbocycles. The third kappa shape index (κ3) is 2.25. The molecule has 1 aromatic rings. The van der Waals surface area contributed by atoms with E-state index in [0.29, 0.717) is 0 Å². The van der Waals surface area contributed by atoms with E-state index in [-0.39, 0.29) is 11.4 Å². The number of hydrogen-bond acceptors (Lipinski definition) is 2. The van der Waals surface area contributed by atoms with Gasteiger partial charge in [0.15, 0.2) is 0 Å². The Hall–Kier alpha value is -1.77. The van der Waals surface area contributed by atoms with Crippen LogP contribution in [0.3, 0.4) is 0 Å². The normalized spacial score (nSPS) is 20.8. The molecule has 0 unspecified atom stereocenters. The van der Waals surface area contributed by atoms with E-state index < -0.39 is 0 Å². The van der Waals surface area contributed by atoms with Crippen LogP contribution in [0, 0.1) is 13.8 Å². The zero-order chi connectivity index (χ0) is 15.0. The molecule has 0 bridgehead atoms. The zero-order valence-electron chi connectivity index (χ0n) is 13.1. The van der Waals surface area contributed by atoms with Crippen molar-refractivity contribution < 1.29 is 9.53 Å². The number of rotatable bonds is 2. The molecular weight excluding hydrogens is 262 g/mol. The van der Waals surface area contributed by atoms with Gasteiger partial charge in [0.1, 0.15) is 5.76 Å². The largest absolute Gasteiger partial charge is 0.498 e. The maximum Gasteiger partial charge on any atom is 0.256 e. The van der Waals surface area contributed by atoms with Crippen LogP contribution in [0.1, 0.15) is 48.8 Å². The van der Waals surface area contributed by atoms with Crippen molar-refractivity contribution in [1.29, 1.82) is 0 Å². The van der Waals surface area contributed by atoms with Crippen molar-refractivity contribution in [1.82, 2.24) is 5.32 Å². The predicted molar refractivity (Wildman–Crippen MR) is 83.8 cm³/mol. The summed E-state index contributed by atoms with van der Waals surface area (Å²) in [5.74, 6) is 0.864. The Morgan fingerprint density at radius 2 is 1.86 bits per heavy atom. The van der Waals surface area contributed by atoms with Gasteiger partial charge in [0.25, 0.3) is 5.91 Å². The molecule has 3 rings (SSSR count).